The molecule has 0 saturated heterocycles. The summed E-state index contributed by atoms with van der Waals surface area (Å²) >= 11 is 0. The highest BCUT2D eigenvalue weighted by atomic mass is 28.3. The Kier molecular flexibility index (Phi) is 2.66. The zero-order valence-corrected chi connectivity index (χ0v) is 10.7. The first-order valence-corrected chi connectivity index (χ1v) is 9.04. The van der Waals surface area contributed by atoms with Gasteiger partial charge in [-0.15, -0.1) is 0 Å². The highest BCUT2D eigenvalue weighted by Crippen LogP contribution is 2.31. The van der Waals surface area contributed by atoms with Gasteiger partial charge in [0.25, 0.3) is 0 Å². The predicted octanol–water partition coefficient (Wildman–Crippen LogP) is 4.28. The van der Waals surface area contributed by atoms with E-state index < -0.39 is 8.07 Å². The number of rotatable bonds is 2. The van der Waals surface area contributed by atoms with Crippen LogP contribution in [0.15, 0.2) is 47.7 Å². The third-order valence-corrected chi connectivity index (χ3v) is 4.96. The second kappa shape index (κ2) is 3.82. The molecule has 0 unspecified atom stereocenters. The van der Waals surface area contributed by atoms with Crippen LogP contribution in [0.5, 0.6) is 0 Å². The molecule has 78 valence electrons. The Bertz CT molecular complexity index is 405. The maximum atomic E-state index is 2.41. The number of hydrogen-bond acceptors (Lipinski definition) is 0. The van der Waals surface area contributed by atoms with E-state index in [1.165, 1.54) is 11.1 Å². The van der Waals surface area contributed by atoms with Crippen molar-refractivity contribution in [3.8, 4) is 0 Å². The molecular formula is C14H18Si. The first kappa shape index (κ1) is 10.4. The summed E-state index contributed by atoms with van der Waals surface area (Å²) in [5.41, 5.74) is 2.86. The zero-order chi connectivity index (χ0) is 10.9. The molecule has 1 aliphatic carbocycles. The van der Waals surface area contributed by atoms with Crippen molar-refractivity contribution in [1.82, 2.24) is 0 Å². The number of allylic oxidation sites excluding steroid dienone is 4. The van der Waals surface area contributed by atoms with Crippen molar-refractivity contribution in [2.75, 3.05) is 0 Å². The summed E-state index contributed by atoms with van der Waals surface area (Å²) in [4.78, 5) is 0. The topological polar surface area (TPSA) is 0 Å². The van der Waals surface area contributed by atoms with Gasteiger partial charge < -0.3 is 0 Å². The lowest BCUT2D eigenvalue weighted by Crippen LogP contribution is -2.21. The molecule has 0 heterocycles. The van der Waals surface area contributed by atoms with Crippen LogP contribution in [-0.2, 0) is 0 Å². The average Bonchev–Trinajstić information content (AvgIpc) is 2.67. The molecule has 0 saturated carbocycles. The third kappa shape index (κ3) is 2.29. The summed E-state index contributed by atoms with van der Waals surface area (Å²) < 4.78 is 0. The van der Waals surface area contributed by atoms with Gasteiger partial charge in [0.05, 0.1) is 8.07 Å². The zero-order valence-electron chi connectivity index (χ0n) is 9.75. The Balaban J connectivity index is 2.25. The van der Waals surface area contributed by atoms with Gasteiger partial charge in [0.1, 0.15) is 0 Å². The van der Waals surface area contributed by atoms with Crippen LogP contribution in [-0.4, -0.2) is 8.07 Å². The van der Waals surface area contributed by atoms with Crippen molar-refractivity contribution in [3.05, 3.63) is 53.2 Å². The summed E-state index contributed by atoms with van der Waals surface area (Å²) in [5.74, 6) is 0. The normalized spacial score (nSPS) is 16.2. The van der Waals surface area contributed by atoms with Gasteiger partial charge >= 0.3 is 0 Å². The SMILES string of the molecule is C[Si](C)(C)C1=CCC(c2ccccc2)=C1. The van der Waals surface area contributed by atoms with Crippen LogP contribution in [0, 0.1) is 0 Å². The molecule has 0 aromatic heterocycles. The first-order valence-electron chi connectivity index (χ1n) is 5.54. The van der Waals surface area contributed by atoms with E-state index in [1.54, 1.807) is 5.20 Å². The van der Waals surface area contributed by atoms with E-state index in [1.807, 2.05) is 0 Å². The second-order valence-electron chi connectivity index (χ2n) is 5.15. The van der Waals surface area contributed by atoms with Crippen molar-refractivity contribution in [2.45, 2.75) is 26.1 Å². The predicted molar refractivity (Wildman–Crippen MR) is 70.5 cm³/mol. The van der Waals surface area contributed by atoms with E-state index in [-0.39, 0.29) is 0 Å². The fourth-order valence-electron chi connectivity index (χ4n) is 1.90. The van der Waals surface area contributed by atoms with Crippen molar-refractivity contribution in [3.63, 3.8) is 0 Å². The maximum absolute atomic E-state index is 2.41. The Labute approximate surface area is 93.3 Å². The molecule has 15 heavy (non-hydrogen) atoms. The molecule has 0 aliphatic heterocycles. The second-order valence-corrected chi connectivity index (χ2v) is 10.2. The fourth-order valence-corrected chi connectivity index (χ4v) is 3.22. The van der Waals surface area contributed by atoms with Gasteiger partial charge in [0.2, 0.25) is 0 Å². The Morgan fingerprint density at radius 2 is 1.67 bits per heavy atom. The van der Waals surface area contributed by atoms with Crippen LogP contribution in [0.25, 0.3) is 5.57 Å². The van der Waals surface area contributed by atoms with Crippen molar-refractivity contribution in [1.29, 1.82) is 0 Å². The minimum absolute atomic E-state index is 1.11. The quantitative estimate of drug-likeness (QED) is 0.645. The van der Waals surface area contributed by atoms with E-state index in [4.69, 9.17) is 0 Å². The molecule has 2 rings (SSSR count). The smallest absolute Gasteiger partial charge is 0.0772 e. The van der Waals surface area contributed by atoms with Crippen LogP contribution < -0.4 is 0 Å². The molecular weight excluding hydrogens is 196 g/mol. The molecule has 0 nitrogen and oxygen atoms in total. The molecule has 1 heteroatoms. The molecule has 0 fully saturated rings. The minimum atomic E-state index is -1.11. The molecule has 1 aliphatic rings. The molecule has 1 aromatic carbocycles. The summed E-state index contributed by atoms with van der Waals surface area (Å²) in [6.45, 7) is 7.22. The largest absolute Gasteiger partial charge is 0.0808 e. The minimum Gasteiger partial charge on any atom is -0.0808 e. The van der Waals surface area contributed by atoms with Gasteiger partial charge in [-0.25, -0.2) is 0 Å². The number of hydrogen-bond donors (Lipinski definition) is 0. The molecule has 0 atom stereocenters. The Hall–Kier alpha value is -1.08. The highest BCUT2D eigenvalue weighted by molar-refractivity contribution is 6.84. The van der Waals surface area contributed by atoms with E-state index in [0.717, 1.165) is 6.42 Å². The van der Waals surface area contributed by atoms with E-state index >= 15 is 0 Å². The van der Waals surface area contributed by atoms with E-state index in [9.17, 15) is 0 Å². The summed E-state index contributed by atoms with van der Waals surface area (Å²) in [7, 11) is -1.11. The van der Waals surface area contributed by atoms with Crippen molar-refractivity contribution < 1.29 is 0 Å². The lowest BCUT2D eigenvalue weighted by molar-refractivity contribution is 1.43. The monoisotopic (exact) mass is 214 g/mol. The molecule has 0 N–H and O–H groups in total. The van der Waals surface area contributed by atoms with E-state index in [0.29, 0.717) is 0 Å². The van der Waals surface area contributed by atoms with Crippen LogP contribution in [0.1, 0.15) is 12.0 Å². The van der Waals surface area contributed by atoms with Crippen LogP contribution in [0.4, 0.5) is 0 Å². The molecule has 0 radical (unpaired) electrons. The Morgan fingerprint density at radius 1 is 1.00 bits per heavy atom. The molecule has 0 spiro atoms. The maximum Gasteiger partial charge on any atom is 0.0772 e. The standard InChI is InChI=1S/C14H18Si/c1-15(2,3)14-10-9-13(11-14)12-7-5-4-6-8-12/h4-8,10-11H,9H2,1-3H3. The van der Waals surface area contributed by atoms with Gasteiger partial charge in [0, 0.05) is 0 Å². The number of benzene rings is 1. The van der Waals surface area contributed by atoms with Crippen LogP contribution in [0.2, 0.25) is 19.6 Å². The fraction of sp³-hybridized carbons (Fsp3) is 0.286. The van der Waals surface area contributed by atoms with Crippen LogP contribution >= 0.6 is 0 Å². The summed E-state index contributed by atoms with van der Waals surface area (Å²) in [6.07, 6.45) is 5.93. The molecule has 1 aromatic rings. The van der Waals surface area contributed by atoms with Gasteiger partial charge in [-0.3, -0.25) is 0 Å². The highest BCUT2D eigenvalue weighted by Gasteiger charge is 2.21. The van der Waals surface area contributed by atoms with Crippen molar-refractivity contribution in [2.24, 2.45) is 0 Å². The lowest BCUT2D eigenvalue weighted by Gasteiger charge is -2.15. The van der Waals surface area contributed by atoms with Gasteiger partial charge in [-0.05, 0) is 17.6 Å². The van der Waals surface area contributed by atoms with Crippen LogP contribution in [0.3, 0.4) is 0 Å². The Morgan fingerprint density at radius 3 is 2.20 bits per heavy atom. The first-order chi connectivity index (χ1) is 7.07. The average molecular weight is 214 g/mol. The van der Waals surface area contributed by atoms with E-state index in [2.05, 4.69) is 62.1 Å². The van der Waals surface area contributed by atoms with Gasteiger partial charge in [-0.2, -0.15) is 0 Å². The summed E-state index contributed by atoms with van der Waals surface area (Å²) in [5, 5.41) is 1.60. The molecule has 0 amide bonds. The van der Waals surface area contributed by atoms with Gasteiger partial charge in [-0.1, -0.05) is 67.3 Å². The van der Waals surface area contributed by atoms with Gasteiger partial charge in [0.15, 0.2) is 0 Å². The molecule has 0 bridgehead atoms. The van der Waals surface area contributed by atoms with Crippen molar-refractivity contribution >= 4 is 13.6 Å². The lowest BCUT2D eigenvalue weighted by atomic mass is 10.1. The third-order valence-electron chi connectivity index (χ3n) is 2.88. The summed E-state index contributed by atoms with van der Waals surface area (Å²) in [6, 6.07) is 10.7.